The minimum absolute atomic E-state index is 1.11. The van der Waals surface area contributed by atoms with Gasteiger partial charge in [0.1, 0.15) is 0 Å². The van der Waals surface area contributed by atoms with Crippen molar-refractivity contribution in [2.45, 2.75) is 60.3 Å². The average molecular weight is 240 g/mol. The summed E-state index contributed by atoms with van der Waals surface area (Å²) >= 11 is 0. The van der Waals surface area contributed by atoms with Gasteiger partial charge in [0.15, 0.2) is 0 Å². The lowest BCUT2D eigenvalue weighted by molar-refractivity contribution is -0.887. The van der Waals surface area contributed by atoms with Crippen molar-refractivity contribution in [3.8, 4) is 0 Å². The molecule has 0 atom stereocenters. The summed E-state index contributed by atoms with van der Waals surface area (Å²) in [6.45, 7) is 18.2. The molecule has 0 unspecified atom stereocenters. The normalized spacial score (nSPS) is 14.9. The number of hydrogen-bond acceptors (Lipinski definition) is 0. The average Bonchev–Trinajstić information content (AvgIpc) is 2.82. The summed E-state index contributed by atoms with van der Waals surface area (Å²) in [6.07, 6.45) is 9.68. The lowest BCUT2D eigenvalue weighted by Gasteiger charge is -2.09. The highest BCUT2D eigenvalue weighted by atomic mass is 15.1. The Balaban J connectivity index is 0. The maximum Gasteiger partial charge on any atom is 0.0773 e. The van der Waals surface area contributed by atoms with Crippen LogP contribution in [0.3, 0.4) is 0 Å². The Morgan fingerprint density at radius 2 is 1.76 bits per heavy atom. The second-order valence-corrected chi connectivity index (χ2v) is 4.41. The molecule has 0 aliphatic carbocycles. The maximum absolute atomic E-state index is 3.66. The Kier molecular flexibility index (Phi) is 17.1. The van der Waals surface area contributed by atoms with Crippen LogP contribution in [-0.2, 0) is 0 Å². The van der Waals surface area contributed by atoms with E-state index in [-0.39, 0.29) is 0 Å². The van der Waals surface area contributed by atoms with E-state index in [2.05, 4.69) is 13.5 Å². The predicted octanol–water partition coefficient (Wildman–Crippen LogP) is 3.63. The summed E-state index contributed by atoms with van der Waals surface area (Å²) < 4.78 is 0. The molecule has 0 bridgehead atoms. The molecule has 1 heteroatoms. The smallest absolute Gasteiger partial charge is 0.0773 e. The third-order valence-corrected chi connectivity index (χ3v) is 2.65. The van der Waals surface area contributed by atoms with Crippen LogP contribution in [0.2, 0.25) is 0 Å². The number of quaternary nitrogens is 1. The van der Waals surface area contributed by atoms with Crippen LogP contribution in [0.4, 0.5) is 0 Å². The summed E-state index contributed by atoms with van der Waals surface area (Å²) in [6, 6.07) is 0. The molecule has 102 valence electrons. The molecule has 1 aliphatic heterocycles. The van der Waals surface area contributed by atoms with Gasteiger partial charge in [-0.3, -0.25) is 0 Å². The molecule has 1 heterocycles. The van der Waals surface area contributed by atoms with E-state index in [9.17, 15) is 0 Å². The van der Waals surface area contributed by atoms with Crippen LogP contribution >= 0.6 is 0 Å². The van der Waals surface area contributed by atoms with E-state index >= 15 is 0 Å². The van der Waals surface area contributed by atoms with E-state index in [0.29, 0.717) is 0 Å². The first kappa shape index (κ1) is 18.8. The van der Waals surface area contributed by atoms with Crippen LogP contribution in [0.15, 0.2) is 24.3 Å². The zero-order valence-corrected chi connectivity index (χ0v) is 12.8. The van der Waals surface area contributed by atoms with Gasteiger partial charge in [-0.1, -0.05) is 51.5 Å². The van der Waals surface area contributed by atoms with Crippen LogP contribution in [0.1, 0.15) is 60.3 Å². The molecule has 0 aromatic rings. The fourth-order valence-corrected chi connectivity index (χ4v) is 1.84. The first-order chi connectivity index (χ1) is 8.20. The lowest BCUT2D eigenvalue weighted by Crippen LogP contribution is -3.09. The quantitative estimate of drug-likeness (QED) is 0.716. The molecule has 0 spiro atoms. The van der Waals surface area contributed by atoms with Crippen LogP contribution < -0.4 is 4.90 Å². The molecule has 1 rings (SSSR count). The molecular formula is C16H34N+. The summed E-state index contributed by atoms with van der Waals surface area (Å²) in [7, 11) is 0. The van der Waals surface area contributed by atoms with Gasteiger partial charge in [-0.2, -0.15) is 0 Å². The van der Waals surface area contributed by atoms with Crippen molar-refractivity contribution < 1.29 is 4.90 Å². The van der Waals surface area contributed by atoms with Crippen molar-refractivity contribution in [1.82, 2.24) is 0 Å². The van der Waals surface area contributed by atoms with E-state index in [1.807, 2.05) is 44.7 Å². The monoisotopic (exact) mass is 240 g/mol. The Bertz CT molecular complexity index is 176. The molecular weight excluding hydrogens is 206 g/mol. The topological polar surface area (TPSA) is 4.44 Å². The van der Waals surface area contributed by atoms with Crippen molar-refractivity contribution in [1.29, 1.82) is 0 Å². The number of unbranched alkanes of at least 4 members (excludes halogenated alkanes) is 1. The predicted molar refractivity (Wildman–Crippen MR) is 80.7 cm³/mol. The van der Waals surface area contributed by atoms with E-state index in [4.69, 9.17) is 0 Å². The highest BCUT2D eigenvalue weighted by molar-refractivity contribution is 5.09. The summed E-state index contributed by atoms with van der Waals surface area (Å²) in [5.74, 6) is 0. The molecule has 1 saturated heterocycles. The fourth-order valence-electron chi connectivity index (χ4n) is 1.84. The highest BCUT2D eigenvalue weighted by Crippen LogP contribution is 1.89. The third-order valence-electron chi connectivity index (χ3n) is 2.65. The molecule has 0 radical (unpaired) electrons. The Morgan fingerprint density at radius 1 is 1.24 bits per heavy atom. The van der Waals surface area contributed by atoms with Crippen molar-refractivity contribution >= 4 is 0 Å². The largest absolute Gasteiger partial charge is 0.335 e. The molecule has 0 aromatic heterocycles. The first-order valence-corrected chi connectivity index (χ1v) is 7.32. The van der Waals surface area contributed by atoms with Crippen LogP contribution in [-0.4, -0.2) is 19.6 Å². The van der Waals surface area contributed by atoms with Crippen molar-refractivity contribution in [3.63, 3.8) is 0 Å². The Hall–Kier alpha value is -0.560. The first-order valence-electron chi connectivity index (χ1n) is 7.32. The standard InChI is InChI=1S/C8H17N.C6H10.C2H6/c1-2-3-6-9-7-4-5-8-9;1-4-5-6(2)3;1-2/h2-8H2,1H3;4-5H,2H2,1,3H3;1-2H3/p+1/b;5-4-;. The Labute approximate surface area is 110 Å². The van der Waals surface area contributed by atoms with Gasteiger partial charge >= 0.3 is 0 Å². The number of likely N-dealkylation sites (tertiary alicyclic amines) is 1. The number of allylic oxidation sites excluding steroid dienone is 3. The van der Waals surface area contributed by atoms with Gasteiger partial charge < -0.3 is 4.90 Å². The number of rotatable bonds is 4. The van der Waals surface area contributed by atoms with Gasteiger partial charge in [-0.15, -0.1) is 0 Å². The molecule has 1 nitrogen and oxygen atoms in total. The molecule has 1 fully saturated rings. The molecule has 0 saturated carbocycles. The van der Waals surface area contributed by atoms with E-state index in [1.165, 1.54) is 45.3 Å². The molecule has 1 aliphatic rings. The second-order valence-electron chi connectivity index (χ2n) is 4.41. The second kappa shape index (κ2) is 15.4. The van der Waals surface area contributed by atoms with Gasteiger partial charge in [-0.25, -0.2) is 0 Å². The van der Waals surface area contributed by atoms with E-state index in [1.54, 1.807) is 0 Å². The van der Waals surface area contributed by atoms with Crippen molar-refractivity contribution in [2.75, 3.05) is 19.6 Å². The zero-order chi connectivity index (χ0) is 13.5. The zero-order valence-electron chi connectivity index (χ0n) is 12.8. The van der Waals surface area contributed by atoms with E-state index < -0.39 is 0 Å². The van der Waals surface area contributed by atoms with E-state index in [0.717, 1.165) is 5.57 Å². The minimum atomic E-state index is 1.11. The molecule has 17 heavy (non-hydrogen) atoms. The van der Waals surface area contributed by atoms with Gasteiger partial charge in [0, 0.05) is 12.8 Å². The molecule has 0 amide bonds. The number of hydrogen-bond donors (Lipinski definition) is 1. The highest BCUT2D eigenvalue weighted by Gasteiger charge is 2.13. The summed E-state index contributed by atoms with van der Waals surface area (Å²) in [5.41, 5.74) is 1.11. The van der Waals surface area contributed by atoms with Crippen LogP contribution in [0, 0.1) is 0 Å². The summed E-state index contributed by atoms with van der Waals surface area (Å²) in [4.78, 5) is 1.84. The van der Waals surface area contributed by atoms with Crippen molar-refractivity contribution in [2.24, 2.45) is 0 Å². The van der Waals surface area contributed by atoms with Gasteiger partial charge in [0.2, 0.25) is 0 Å². The van der Waals surface area contributed by atoms with Gasteiger partial charge in [0.05, 0.1) is 19.6 Å². The van der Waals surface area contributed by atoms with Crippen LogP contribution in [0.25, 0.3) is 0 Å². The molecule has 1 N–H and O–H groups in total. The van der Waals surface area contributed by atoms with Crippen LogP contribution in [0.5, 0.6) is 0 Å². The van der Waals surface area contributed by atoms with Crippen molar-refractivity contribution in [3.05, 3.63) is 24.3 Å². The Morgan fingerprint density at radius 3 is 2.06 bits per heavy atom. The summed E-state index contributed by atoms with van der Waals surface area (Å²) in [5, 5.41) is 0. The van der Waals surface area contributed by atoms with Gasteiger partial charge in [0.25, 0.3) is 0 Å². The van der Waals surface area contributed by atoms with Gasteiger partial charge in [-0.05, 0) is 20.3 Å². The fraction of sp³-hybridized carbons (Fsp3) is 0.750. The third kappa shape index (κ3) is 15.4. The number of nitrogens with one attached hydrogen (secondary N) is 1. The SMILES string of the molecule is C=C(C)/C=C\C.CC.CCCC[NH+]1CCCC1. The maximum atomic E-state index is 3.66. The lowest BCUT2D eigenvalue weighted by atomic mass is 10.3. The molecule has 0 aromatic carbocycles. The minimum Gasteiger partial charge on any atom is -0.335 e.